The van der Waals surface area contributed by atoms with Gasteiger partial charge in [-0.2, -0.15) is 13.2 Å². The summed E-state index contributed by atoms with van der Waals surface area (Å²) in [6.45, 7) is 20.8. The number of benzene rings is 4. The molecule has 1 aliphatic carbocycles. The van der Waals surface area contributed by atoms with Crippen molar-refractivity contribution in [2.45, 2.75) is 132 Å². The molecule has 1 N–H and O–H groups in total. The van der Waals surface area contributed by atoms with Crippen LogP contribution in [0, 0.1) is 51.7 Å². The number of aryl methyl sites for hydroxylation is 4. The number of hydrogen-bond acceptors (Lipinski definition) is 4. The normalized spacial score (nSPS) is 13.8. The first-order valence-corrected chi connectivity index (χ1v) is 26.1. The van der Waals surface area contributed by atoms with Gasteiger partial charge in [-0.25, -0.2) is 0 Å². The van der Waals surface area contributed by atoms with Crippen LogP contribution in [-0.2, 0) is 24.9 Å². The van der Waals surface area contributed by atoms with Crippen molar-refractivity contribution in [1.29, 1.82) is 0 Å². The molecule has 0 spiro atoms. The van der Waals surface area contributed by atoms with Crippen LogP contribution in [0.2, 0.25) is 19.6 Å². The van der Waals surface area contributed by atoms with Gasteiger partial charge >= 0.3 is 6.18 Å². The third kappa shape index (κ3) is 14.3. The zero-order valence-corrected chi connectivity index (χ0v) is 42.7. The number of carbonyl (C=O) groups excluding carboxylic acids is 1. The Morgan fingerprint density at radius 3 is 1.67 bits per heavy atom. The van der Waals surface area contributed by atoms with E-state index in [1.807, 2.05) is 26.2 Å². The Labute approximate surface area is 394 Å². The van der Waals surface area contributed by atoms with E-state index in [-0.39, 0.29) is 38.2 Å². The van der Waals surface area contributed by atoms with Gasteiger partial charge in [0.05, 0.1) is 20.3 Å². The number of hydrogen-bond donors (Lipinski definition) is 1. The Hall–Kier alpha value is -4.43. The van der Waals surface area contributed by atoms with Crippen molar-refractivity contribution in [3.63, 3.8) is 0 Å². The monoisotopic (exact) mass is 1060 g/mol. The molecule has 1 saturated carbocycles. The molecule has 64 heavy (non-hydrogen) atoms. The Balaban J connectivity index is 0.000000211. The van der Waals surface area contributed by atoms with Crippen LogP contribution in [0.4, 0.5) is 13.2 Å². The maximum Gasteiger partial charge on any atom is 0.389 e. The molecule has 1 aliphatic rings. The number of nitrogens with zero attached hydrogens (tertiary/aromatic N) is 2. The van der Waals surface area contributed by atoms with Gasteiger partial charge in [0.1, 0.15) is 0 Å². The second-order valence-electron chi connectivity index (χ2n) is 18.4. The standard InChI is InChI=1S/C22H22N.C20H22NSi.C13H21F3O2.Ir/c1-15-11-16(2)13-20(12-15)22-21-8-7-18(17-5-3-4-6-17)14-19(21)9-10-23-22;1-14-10-15(2)12-17(11-14)20-19-7-6-18(22(3,4)5)13-16(19)8-9-21-20;1-4-9(5-2)11(17)7-12(18)10(6-3)8-13(14,15)16;/h7-12,14,17H,3-6H2,1-2H3;6-11,13H,1-5H3;7,9-10,18H,4-6,8H2,1-3H3;/q2*-1;;/b;;12-7-;. The number of aliphatic hydroxyl groups is 1. The number of ketones is 1. The number of alkyl halides is 3. The number of allylic oxidation sites excluding steroid dienone is 2. The maximum atomic E-state index is 12.3. The van der Waals surface area contributed by atoms with Crippen LogP contribution in [0.3, 0.4) is 0 Å². The van der Waals surface area contributed by atoms with E-state index in [0.717, 1.165) is 40.1 Å². The van der Waals surface area contributed by atoms with E-state index >= 15 is 0 Å². The maximum absolute atomic E-state index is 12.3. The second-order valence-corrected chi connectivity index (χ2v) is 23.5. The minimum atomic E-state index is -4.33. The van der Waals surface area contributed by atoms with Gasteiger partial charge in [-0.3, -0.25) is 4.79 Å². The van der Waals surface area contributed by atoms with E-state index in [1.54, 1.807) is 6.92 Å². The van der Waals surface area contributed by atoms with Crippen molar-refractivity contribution in [1.82, 2.24) is 9.97 Å². The van der Waals surface area contributed by atoms with Gasteiger partial charge in [0.15, 0.2) is 5.78 Å². The van der Waals surface area contributed by atoms with E-state index in [0.29, 0.717) is 12.8 Å². The van der Waals surface area contributed by atoms with Crippen molar-refractivity contribution in [2.24, 2.45) is 11.8 Å². The predicted octanol–water partition coefficient (Wildman–Crippen LogP) is 15.3. The van der Waals surface area contributed by atoms with Crippen LogP contribution in [0.25, 0.3) is 44.1 Å². The van der Waals surface area contributed by atoms with E-state index in [1.165, 1.54) is 74.7 Å². The quantitative estimate of drug-likeness (QED) is 0.0608. The molecule has 0 saturated heterocycles. The predicted molar refractivity (Wildman–Crippen MR) is 259 cm³/mol. The third-order valence-corrected chi connectivity index (χ3v) is 14.2. The molecule has 4 aromatic carbocycles. The number of pyridine rings is 2. The molecule has 9 heteroatoms. The second kappa shape index (κ2) is 23.1. The molecule has 1 atom stereocenters. The van der Waals surface area contributed by atoms with Crippen molar-refractivity contribution in [3.05, 3.63) is 137 Å². The minimum absolute atomic E-state index is 0. The van der Waals surface area contributed by atoms with E-state index in [9.17, 15) is 23.1 Å². The van der Waals surface area contributed by atoms with Crippen LogP contribution in [0.1, 0.15) is 106 Å². The summed E-state index contributed by atoms with van der Waals surface area (Å²) in [5.41, 5.74) is 10.6. The Morgan fingerprint density at radius 2 is 1.22 bits per heavy atom. The Bertz CT molecular complexity index is 2490. The van der Waals surface area contributed by atoms with Crippen LogP contribution in [-0.4, -0.2) is 35.1 Å². The average Bonchev–Trinajstić information content (AvgIpc) is 3.77. The molecule has 2 heterocycles. The van der Waals surface area contributed by atoms with Crippen molar-refractivity contribution >= 4 is 40.6 Å². The molecule has 1 fully saturated rings. The number of aromatic nitrogens is 2. The summed E-state index contributed by atoms with van der Waals surface area (Å²) >= 11 is 0. The molecule has 0 bridgehead atoms. The van der Waals surface area contributed by atoms with E-state index in [4.69, 9.17) is 0 Å². The first-order valence-electron chi connectivity index (χ1n) is 22.6. The molecular weight excluding hydrogens is 998 g/mol. The first-order chi connectivity index (χ1) is 29.8. The number of rotatable bonds is 11. The SMILES string of the molecule is CCC(CC)C(=O)/C=C(\O)C(CC)CC(F)(F)F.Cc1[c-]c(-c2nccc3cc(C4CCCC4)ccc23)cc(C)c1.Cc1[c-]c(-c2nccc3cc([Si](C)(C)C)ccc23)cc(C)c1.[Ir]. The fourth-order valence-electron chi connectivity index (χ4n) is 8.64. The summed E-state index contributed by atoms with van der Waals surface area (Å²) in [4.78, 5) is 21.0. The zero-order chi connectivity index (χ0) is 46.1. The Kier molecular flexibility index (Phi) is 18.9. The number of aliphatic hydroxyl groups excluding tert-OH is 1. The van der Waals surface area contributed by atoms with Crippen molar-refractivity contribution in [3.8, 4) is 22.5 Å². The van der Waals surface area contributed by atoms with Gasteiger partial charge in [0, 0.05) is 50.4 Å². The van der Waals surface area contributed by atoms with Gasteiger partial charge in [-0.1, -0.05) is 123 Å². The molecule has 6 aromatic rings. The van der Waals surface area contributed by atoms with Crippen LogP contribution < -0.4 is 5.19 Å². The Morgan fingerprint density at radius 1 is 0.734 bits per heavy atom. The molecule has 0 amide bonds. The van der Waals surface area contributed by atoms with Gasteiger partial charge < -0.3 is 15.1 Å². The largest absolute Gasteiger partial charge is 0.512 e. The van der Waals surface area contributed by atoms with E-state index in [2.05, 4.69) is 142 Å². The third-order valence-electron chi connectivity index (χ3n) is 12.1. The summed E-state index contributed by atoms with van der Waals surface area (Å²) < 4.78 is 36.8. The number of halogens is 3. The topological polar surface area (TPSA) is 63.1 Å². The molecule has 2 aromatic heterocycles. The van der Waals surface area contributed by atoms with Crippen molar-refractivity contribution < 1.29 is 43.2 Å². The zero-order valence-electron chi connectivity index (χ0n) is 39.3. The fraction of sp³-hybridized carbons (Fsp3) is 0.400. The minimum Gasteiger partial charge on any atom is -0.512 e. The summed E-state index contributed by atoms with van der Waals surface area (Å²) in [6, 6.07) is 33.6. The van der Waals surface area contributed by atoms with Crippen LogP contribution in [0.15, 0.2) is 97.0 Å². The van der Waals surface area contributed by atoms with Gasteiger partial charge in [-0.15, -0.1) is 69.8 Å². The molecule has 343 valence electrons. The molecular formula is C55H65F3IrN2O2Si-2. The molecule has 4 nitrogen and oxygen atoms in total. The van der Waals surface area contributed by atoms with Gasteiger partial charge in [0.25, 0.3) is 0 Å². The van der Waals surface area contributed by atoms with Gasteiger partial charge in [0.2, 0.25) is 0 Å². The summed E-state index contributed by atoms with van der Waals surface area (Å²) in [5.74, 6) is -1.24. The summed E-state index contributed by atoms with van der Waals surface area (Å²) in [5, 5.41) is 16.1. The average molecular weight is 1060 g/mol. The van der Waals surface area contributed by atoms with Crippen LogP contribution >= 0.6 is 0 Å². The molecule has 7 rings (SSSR count). The molecule has 0 aliphatic heterocycles. The number of fused-ring (bicyclic) bond motifs is 2. The van der Waals surface area contributed by atoms with Crippen molar-refractivity contribution in [2.75, 3.05) is 0 Å². The summed E-state index contributed by atoms with van der Waals surface area (Å²) in [7, 11) is -1.29. The smallest absolute Gasteiger partial charge is 0.389 e. The number of carbonyl (C=O) groups is 1. The van der Waals surface area contributed by atoms with Gasteiger partial charge in [-0.05, 0) is 88.7 Å². The molecule has 1 unspecified atom stereocenters. The van der Waals surface area contributed by atoms with Crippen LogP contribution in [0.5, 0.6) is 0 Å². The molecule has 1 radical (unpaired) electrons. The summed E-state index contributed by atoms with van der Waals surface area (Å²) in [6.07, 6.45) is 6.22. The first kappa shape index (κ1) is 52.2. The fourth-order valence-corrected chi connectivity index (χ4v) is 9.81. The van der Waals surface area contributed by atoms with E-state index < -0.39 is 32.3 Å².